The number of pyridine rings is 1. The quantitative estimate of drug-likeness (QED) is 0.330. The van der Waals surface area contributed by atoms with Crippen LogP contribution in [0, 0.1) is 0 Å². The Labute approximate surface area is 193 Å². The molecule has 1 aromatic heterocycles. The van der Waals surface area contributed by atoms with Gasteiger partial charge in [-0.1, -0.05) is 23.2 Å². The molecular formula is C22H13Cl2N3O3S. The van der Waals surface area contributed by atoms with Crippen molar-refractivity contribution in [2.24, 2.45) is 0 Å². The fourth-order valence-corrected chi connectivity index (χ4v) is 3.38. The lowest BCUT2D eigenvalue weighted by molar-refractivity contribution is -0.122. The van der Waals surface area contributed by atoms with Gasteiger partial charge in [0.2, 0.25) is 5.88 Å². The summed E-state index contributed by atoms with van der Waals surface area (Å²) in [6.45, 7) is 0. The van der Waals surface area contributed by atoms with Crippen LogP contribution in [0.2, 0.25) is 10.0 Å². The number of nitrogens with one attached hydrogen (secondary N) is 1. The molecule has 1 saturated heterocycles. The van der Waals surface area contributed by atoms with Crippen LogP contribution in [0.5, 0.6) is 11.6 Å². The number of halogens is 2. The molecule has 1 aliphatic rings. The number of nitrogens with zero attached hydrogens (tertiary/aromatic N) is 2. The third-order valence-electron chi connectivity index (χ3n) is 4.32. The number of carbonyl (C=O) groups excluding carboxylic acids is 2. The van der Waals surface area contributed by atoms with Crippen molar-refractivity contribution in [1.29, 1.82) is 0 Å². The summed E-state index contributed by atoms with van der Waals surface area (Å²) in [6.07, 6.45) is 2.96. The fourth-order valence-electron chi connectivity index (χ4n) is 2.85. The Hall–Kier alpha value is -3.26. The van der Waals surface area contributed by atoms with Gasteiger partial charge in [0.05, 0.1) is 5.69 Å². The minimum Gasteiger partial charge on any atom is -0.438 e. The zero-order valence-electron chi connectivity index (χ0n) is 15.7. The van der Waals surface area contributed by atoms with E-state index in [4.69, 9.17) is 40.2 Å². The van der Waals surface area contributed by atoms with E-state index in [9.17, 15) is 9.59 Å². The Balaban J connectivity index is 1.69. The molecule has 2 heterocycles. The normalized spacial score (nSPS) is 15.2. The molecule has 0 bridgehead atoms. The maximum Gasteiger partial charge on any atom is 0.270 e. The van der Waals surface area contributed by atoms with E-state index in [1.54, 1.807) is 66.9 Å². The van der Waals surface area contributed by atoms with Crippen LogP contribution < -0.4 is 15.0 Å². The number of carbonyl (C=O) groups is 2. The molecule has 31 heavy (non-hydrogen) atoms. The molecular weight excluding hydrogens is 457 g/mol. The van der Waals surface area contributed by atoms with Crippen molar-refractivity contribution < 1.29 is 14.3 Å². The van der Waals surface area contributed by atoms with Gasteiger partial charge in [-0.15, -0.1) is 0 Å². The summed E-state index contributed by atoms with van der Waals surface area (Å²) in [5.41, 5.74) is 0.812. The van der Waals surface area contributed by atoms with Crippen LogP contribution in [-0.4, -0.2) is 21.9 Å². The highest BCUT2D eigenvalue weighted by molar-refractivity contribution is 7.80. The number of amides is 2. The summed E-state index contributed by atoms with van der Waals surface area (Å²) in [4.78, 5) is 31.1. The molecule has 0 unspecified atom stereocenters. The lowest BCUT2D eigenvalue weighted by Gasteiger charge is -2.29. The number of hydrogen-bond acceptors (Lipinski definition) is 5. The smallest absolute Gasteiger partial charge is 0.270 e. The molecule has 1 N–H and O–H groups in total. The van der Waals surface area contributed by atoms with Crippen molar-refractivity contribution in [1.82, 2.24) is 10.3 Å². The Morgan fingerprint density at radius 2 is 1.61 bits per heavy atom. The van der Waals surface area contributed by atoms with E-state index in [0.717, 1.165) is 0 Å². The minimum absolute atomic E-state index is 0.0155. The van der Waals surface area contributed by atoms with Crippen LogP contribution in [0.25, 0.3) is 6.08 Å². The van der Waals surface area contributed by atoms with Crippen LogP contribution in [0.1, 0.15) is 5.56 Å². The van der Waals surface area contributed by atoms with Crippen molar-refractivity contribution in [2.75, 3.05) is 4.90 Å². The van der Waals surface area contributed by atoms with E-state index in [0.29, 0.717) is 27.0 Å². The van der Waals surface area contributed by atoms with Crippen LogP contribution in [-0.2, 0) is 9.59 Å². The summed E-state index contributed by atoms with van der Waals surface area (Å²) in [5, 5.41) is 3.60. The number of rotatable bonds is 4. The SMILES string of the molecule is O=C1NC(=S)N(c2ccc(Cl)cc2)C(=O)/C1=C\c1cccnc1Oc1ccc(Cl)cc1. The minimum atomic E-state index is -0.610. The van der Waals surface area contributed by atoms with E-state index >= 15 is 0 Å². The first-order valence-electron chi connectivity index (χ1n) is 8.98. The van der Waals surface area contributed by atoms with Crippen molar-refractivity contribution in [3.8, 4) is 11.6 Å². The fraction of sp³-hybridized carbons (Fsp3) is 0. The number of thiocarbonyl (C=S) groups is 1. The molecule has 0 aliphatic carbocycles. The molecule has 4 rings (SSSR count). The molecule has 154 valence electrons. The van der Waals surface area contributed by atoms with E-state index in [-0.39, 0.29) is 16.6 Å². The molecule has 0 atom stereocenters. The van der Waals surface area contributed by atoms with Gasteiger partial charge in [0.25, 0.3) is 11.8 Å². The number of aromatic nitrogens is 1. The third kappa shape index (κ3) is 4.59. The van der Waals surface area contributed by atoms with E-state index in [1.807, 2.05) is 0 Å². The zero-order chi connectivity index (χ0) is 22.0. The molecule has 0 radical (unpaired) electrons. The van der Waals surface area contributed by atoms with Crippen molar-refractivity contribution in [3.05, 3.63) is 88.0 Å². The Morgan fingerprint density at radius 3 is 2.29 bits per heavy atom. The standard InChI is InChI=1S/C22H13Cl2N3O3S/c23-14-3-7-16(8-4-14)27-21(29)18(19(28)26-22(27)31)12-13-2-1-11-25-20(13)30-17-9-5-15(24)6-10-17/h1-12H,(H,26,28,31)/b18-12-. The second kappa shape index (κ2) is 8.85. The number of hydrogen-bond donors (Lipinski definition) is 1. The third-order valence-corrected chi connectivity index (χ3v) is 5.10. The lowest BCUT2D eigenvalue weighted by Crippen LogP contribution is -2.54. The van der Waals surface area contributed by atoms with Gasteiger partial charge in [0.15, 0.2) is 5.11 Å². The molecule has 6 nitrogen and oxygen atoms in total. The van der Waals surface area contributed by atoms with Gasteiger partial charge in [0, 0.05) is 21.8 Å². The molecule has 0 saturated carbocycles. The van der Waals surface area contributed by atoms with Gasteiger partial charge in [-0.2, -0.15) is 0 Å². The predicted molar refractivity (Wildman–Crippen MR) is 123 cm³/mol. The average Bonchev–Trinajstić information content (AvgIpc) is 2.75. The monoisotopic (exact) mass is 469 g/mol. The van der Waals surface area contributed by atoms with Crippen molar-refractivity contribution in [2.45, 2.75) is 0 Å². The van der Waals surface area contributed by atoms with Gasteiger partial charge in [0.1, 0.15) is 11.3 Å². The molecule has 2 aromatic carbocycles. The summed E-state index contributed by atoms with van der Waals surface area (Å²) < 4.78 is 5.81. The second-order valence-electron chi connectivity index (χ2n) is 6.39. The zero-order valence-corrected chi connectivity index (χ0v) is 18.0. The maximum absolute atomic E-state index is 13.1. The predicted octanol–water partition coefficient (Wildman–Crippen LogP) is 5.01. The molecule has 0 spiro atoms. The van der Waals surface area contributed by atoms with Crippen molar-refractivity contribution >= 4 is 64.1 Å². The summed E-state index contributed by atoms with van der Waals surface area (Å²) in [5.74, 6) is -0.450. The van der Waals surface area contributed by atoms with Gasteiger partial charge in [-0.3, -0.25) is 19.8 Å². The number of benzene rings is 2. The highest BCUT2D eigenvalue weighted by Gasteiger charge is 2.34. The van der Waals surface area contributed by atoms with Crippen LogP contribution in [0.15, 0.2) is 72.4 Å². The maximum atomic E-state index is 13.1. The first kappa shape index (κ1) is 21.0. The van der Waals surface area contributed by atoms with E-state index < -0.39 is 11.8 Å². The second-order valence-corrected chi connectivity index (χ2v) is 7.65. The molecule has 3 aromatic rings. The van der Waals surface area contributed by atoms with E-state index in [2.05, 4.69) is 10.3 Å². The highest BCUT2D eigenvalue weighted by Crippen LogP contribution is 2.28. The number of ether oxygens (including phenoxy) is 1. The van der Waals surface area contributed by atoms with Crippen LogP contribution >= 0.6 is 35.4 Å². The summed E-state index contributed by atoms with van der Waals surface area (Å²) >= 11 is 17.0. The van der Waals surface area contributed by atoms with Gasteiger partial charge in [-0.05, 0) is 79.0 Å². The van der Waals surface area contributed by atoms with Gasteiger partial charge >= 0.3 is 0 Å². The van der Waals surface area contributed by atoms with E-state index in [1.165, 1.54) is 11.0 Å². The van der Waals surface area contributed by atoms with Gasteiger partial charge in [-0.25, -0.2) is 4.98 Å². The summed E-state index contributed by atoms with van der Waals surface area (Å²) in [7, 11) is 0. The first-order chi connectivity index (χ1) is 14.9. The van der Waals surface area contributed by atoms with Gasteiger partial charge < -0.3 is 4.74 Å². The Morgan fingerprint density at radius 1 is 0.968 bits per heavy atom. The number of anilines is 1. The van der Waals surface area contributed by atoms with Crippen LogP contribution in [0.3, 0.4) is 0 Å². The molecule has 2 amide bonds. The Bertz CT molecular complexity index is 1210. The Kier molecular flexibility index (Phi) is 5.99. The van der Waals surface area contributed by atoms with Crippen LogP contribution in [0.4, 0.5) is 5.69 Å². The molecule has 1 aliphatic heterocycles. The largest absolute Gasteiger partial charge is 0.438 e. The lowest BCUT2D eigenvalue weighted by atomic mass is 10.1. The molecule has 1 fully saturated rings. The van der Waals surface area contributed by atoms with Crippen molar-refractivity contribution in [3.63, 3.8) is 0 Å². The summed E-state index contributed by atoms with van der Waals surface area (Å²) in [6, 6.07) is 16.6. The highest BCUT2D eigenvalue weighted by atomic mass is 35.5. The first-order valence-corrected chi connectivity index (χ1v) is 10.1. The molecule has 9 heteroatoms. The topological polar surface area (TPSA) is 71.5 Å². The average molecular weight is 470 g/mol.